The van der Waals surface area contributed by atoms with Gasteiger partial charge >= 0.3 is 0 Å². The molecule has 0 amide bonds. The molecule has 0 fully saturated rings. The molecule has 0 radical (unpaired) electrons. The Morgan fingerprint density at radius 1 is 1.47 bits per heavy atom. The maximum atomic E-state index is 5.17. The van der Waals surface area contributed by atoms with Gasteiger partial charge in [-0.1, -0.05) is 18.2 Å². The molecule has 0 aromatic heterocycles. The van der Waals surface area contributed by atoms with E-state index in [1.165, 1.54) is 11.3 Å². The summed E-state index contributed by atoms with van der Waals surface area (Å²) in [5.74, 6) is 5.58. The monoisotopic (exact) mass is 206 g/mol. The van der Waals surface area contributed by atoms with Crippen molar-refractivity contribution in [2.24, 2.45) is 5.90 Å². The molecule has 1 atom stereocenters. The molecule has 15 heavy (non-hydrogen) atoms. The molecule has 1 aliphatic rings. The molecule has 2 N–H and O–H groups in total. The van der Waals surface area contributed by atoms with Crippen LogP contribution in [0.1, 0.15) is 25.3 Å². The van der Waals surface area contributed by atoms with E-state index in [0.717, 1.165) is 6.54 Å². The first kappa shape index (κ1) is 10.5. The van der Waals surface area contributed by atoms with Crippen LogP contribution in [-0.2, 0) is 4.84 Å². The van der Waals surface area contributed by atoms with E-state index in [-0.39, 0.29) is 0 Å². The van der Waals surface area contributed by atoms with Gasteiger partial charge in [0.25, 0.3) is 0 Å². The summed E-state index contributed by atoms with van der Waals surface area (Å²) < 4.78 is 0. The minimum Gasteiger partial charge on any atom is -0.368 e. The minimum atomic E-state index is 0.411. The third-order valence-corrected chi connectivity index (χ3v) is 3.02. The van der Waals surface area contributed by atoms with Crippen LogP contribution < -0.4 is 10.8 Å². The first-order chi connectivity index (χ1) is 7.24. The van der Waals surface area contributed by atoms with E-state index >= 15 is 0 Å². The Hall–Kier alpha value is -1.06. The number of hydrogen-bond donors (Lipinski definition) is 1. The zero-order chi connectivity index (χ0) is 10.8. The number of nitrogens with two attached hydrogens (primary N) is 1. The summed E-state index contributed by atoms with van der Waals surface area (Å²) in [4.78, 5) is 7.19. The quantitative estimate of drug-likeness (QED) is 0.767. The fraction of sp³-hybridized carbons (Fsp3) is 0.500. The first-order valence-corrected chi connectivity index (χ1v) is 5.41. The number of para-hydroxylation sites is 1. The molecule has 3 heteroatoms. The highest BCUT2D eigenvalue weighted by molar-refractivity contribution is 5.60. The molecule has 0 aliphatic carbocycles. The largest absolute Gasteiger partial charge is 0.368 e. The number of nitrogens with zero attached hydrogens (tertiary/aromatic N) is 1. The Balaban J connectivity index is 2.31. The fourth-order valence-electron chi connectivity index (χ4n) is 2.28. The van der Waals surface area contributed by atoms with Crippen molar-refractivity contribution in [3.8, 4) is 0 Å². The molecule has 1 aromatic carbocycles. The van der Waals surface area contributed by atoms with Gasteiger partial charge in [0.2, 0.25) is 0 Å². The zero-order valence-corrected chi connectivity index (χ0v) is 9.31. The molecule has 0 saturated carbocycles. The Kier molecular flexibility index (Phi) is 2.93. The number of fused-ring (bicyclic) bond motifs is 1. The maximum Gasteiger partial charge on any atom is 0.0765 e. The van der Waals surface area contributed by atoms with Gasteiger partial charge in [-0.3, -0.25) is 0 Å². The van der Waals surface area contributed by atoms with E-state index in [1.807, 2.05) is 0 Å². The summed E-state index contributed by atoms with van der Waals surface area (Å²) in [5, 5.41) is 0. The van der Waals surface area contributed by atoms with Crippen molar-refractivity contribution in [2.45, 2.75) is 25.8 Å². The van der Waals surface area contributed by atoms with Crippen LogP contribution in [0.15, 0.2) is 24.3 Å². The summed E-state index contributed by atoms with van der Waals surface area (Å²) in [7, 11) is 0. The third kappa shape index (κ3) is 1.85. The average Bonchev–Trinajstić information content (AvgIpc) is 2.59. The van der Waals surface area contributed by atoms with Gasteiger partial charge in [-0.05, 0) is 25.5 Å². The highest BCUT2D eigenvalue weighted by Crippen LogP contribution is 2.36. The second-order valence-corrected chi connectivity index (χ2v) is 4.34. The summed E-state index contributed by atoms with van der Waals surface area (Å²) in [6.45, 7) is 6.03. The van der Waals surface area contributed by atoms with Crippen LogP contribution in [0.5, 0.6) is 0 Å². The first-order valence-electron chi connectivity index (χ1n) is 5.41. The molecule has 0 bridgehead atoms. The Bertz CT molecular complexity index is 338. The van der Waals surface area contributed by atoms with Gasteiger partial charge in [-0.25, -0.2) is 5.90 Å². The van der Waals surface area contributed by atoms with Gasteiger partial charge in [0, 0.05) is 24.2 Å². The summed E-state index contributed by atoms with van der Waals surface area (Å²) in [6, 6.07) is 9.02. The normalized spacial score (nSPS) is 19.7. The zero-order valence-electron chi connectivity index (χ0n) is 9.31. The number of hydrogen-bond acceptors (Lipinski definition) is 3. The maximum absolute atomic E-state index is 5.17. The summed E-state index contributed by atoms with van der Waals surface area (Å²) in [5.41, 5.74) is 2.69. The van der Waals surface area contributed by atoms with Gasteiger partial charge in [0.15, 0.2) is 0 Å². The van der Waals surface area contributed by atoms with Crippen LogP contribution in [0.25, 0.3) is 0 Å². The van der Waals surface area contributed by atoms with Crippen molar-refractivity contribution < 1.29 is 4.84 Å². The Morgan fingerprint density at radius 2 is 2.20 bits per heavy atom. The molecule has 3 nitrogen and oxygen atoms in total. The molecule has 1 heterocycles. The van der Waals surface area contributed by atoms with Gasteiger partial charge in [0.1, 0.15) is 0 Å². The van der Waals surface area contributed by atoms with Crippen molar-refractivity contribution in [2.75, 3.05) is 18.1 Å². The molecule has 1 unspecified atom stereocenters. The van der Waals surface area contributed by atoms with E-state index in [4.69, 9.17) is 10.7 Å². The molecule has 2 rings (SSSR count). The van der Waals surface area contributed by atoms with E-state index in [2.05, 4.69) is 43.0 Å². The van der Waals surface area contributed by atoms with E-state index in [1.54, 1.807) is 0 Å². The topological polar surface area (TPSA) is 38.5 Å². The lowest BCUT2D eigenvalue weighted by Crippen LogP contribution is -2.30. The molecule has 0 saturated heterocycles. The molecule has 82 valence electrons. The fourth-order valence-corrected chi connectivity index (χ4v) is 2.28. The van der Waals surface area contributed by atoms with E-state index < -0.39 is 0 Å². The van der Waals surface area contributed by atoms with Gasteiger partial charge in [0.05, 0.1) is 6.61 Å². The summed E-state index contributed by atoms with van der Waals surface area (Å²) >= 11 is 0. The lowest BCUT2D eigenvalue weighted by atomic mass is 10.0. The van der Waals surface area contributed by atoms with Crippen LogP contribution in [0.4, 0.5) is 5.69 Å². The van der Waals surface area contributed by atoms with Crippen molar-refractivity contribution >= 4 is 5.69 Å². The lowest BCUT2D eigenvalue weighted by Gasteiger charge is -2.24. The molecular formula is C12H18N2O. The van der Waals surface area contributed by atoms with Gasteiger partial charge in [-0.15, -0.1) is 0 Å². The third-order valence-electron chi connectivity index (χ3n) is 3.02. The van der Waals surface area contributed by atoms with Crippen molar-refractivity contribution in [3.63, 3.8) is 0 Å². The number of benzene rings is 1. The average molecular weight is 206 g/mol. The van der Waals surface area contributed by atoms with Crippen LogP contribution in [0, 0.1) is 0 Å². The van der Waals surface area contributed by atoms with Crippen LogP contribution >= 0.6 is 0 Å². The van der Waals surface area contributed by atoms with Crippen molar-refractivity contribution in [1.82, 2.24) is 0 Å². The Morgan fingerprint density at radius 3 is 2.87 bits per heavy atom. The summed E-state index contributed by atoms with van der Waals surface area (Å²) in [6.07, 6.45) is 0. The highest BCUT2D eigenvalue weighted by Gasteiger charge is 2.29. The van der Waals surface area contributed by atoms with Crippen LogP contribution in [0.3, 0.4) is 0 Å². The standard InChI is InChI=1S/C12H18N2O/c1-9(2)14-7-10(8-15-13)11-5-3-4-6-12(11)14/h3-6,9-10H,7-8,13H2,1-2H3. The van der Waals surface area contributed by atoms with E-state index in [0.29, 0.717) is 18.6 Å². The SMILES string of the molecule is CC(C)N1CC(CON)c2ccccc21. The smallest absolute Gasteiger partial charge is 0.0765 e. The van der Waals surface area contributed by atoms with Gasteiger partial charge < -0.3 is 9.74 Å². The number of rotatable bonds is 3. The molecule has 1 aliphatic heterocycles. The van der Waals surface area contributed by atoms with Crippen LogP contribution in [-0.4, -0.2) is 19.2 Å². The van der Waals surface area contributed by atoms with Crippen molar-refractivity contribution in [1.29, 1.82) is 0 Å². The predicted octanol–water partition coefficient (Wildman–Crippen LogP) is 1.89. The number of anilines is 1. The lowest BCUT2D eigenvalue weighted by molar-refractivity contribution is 0.125. The Labute approximate surface area is 90.8 Å². The molecular weight excluding hydrogens is 188 g/mol. The second kappa shape index (κ2) is 4.21. The second-order valence-electron chi connectivity index (χ2n) is 4.34. The van der Waals surface area contributed by atoms with Gasteiger partial charge in [-0.2, -0.15) is 0 Å². The van der Waals surface area contributed by atoms with Crippen molar-refractivity contribution in [3.05, 3.63) is 29.8 Å². The predicted molar refractivity (Wildman–Crippen MR) is 61.8 cm³/mol. The molecule has 1 aromatic rings. The highest BCUT2D eigenvalue weighted by atomic mass is 16.6. The van der Waals surface area contributed by atoms with Crippen LogP contribution in [0.2, 0.25) is 0 Å². The molecule has 0 spiro atoms. The van der Waals surface area contributed by atoms with E-state index in [9.17, 15) is 0 Å². The minimum absolute atomic E-state index is 0.411.